The van der Waals surface area contributed by atoms with E-state index in [0.29, 0.717) is 19.4 Å². The number of allylic oxidation sites excluding steroid dienone is 1. The van der Waals surface area contributed by atoms with Gasteiger partial charge in [-0.25, -0.2) is 4.68 Å². The number of hydrogen-bond donors (Lipinski definition) is 3. The molecule has 57 heavy (non-hydrogen) atoms. The number of aromatic amines is 1. The third-order valence-corrected chi connectivity index (χ3v) is 11.8. The van der Waals surface area contributed by atoms with Gasteiger partial charge in [-0.15, -0.1) is 0 Å². The summed E-state index contributed by atoms with van der Waals surface area (Å²) in [5.74, 6) is -2.47. The maximum absolute atomic E-state index is 14.6. The second kappa shape index (κ2) is 14.4. The fraction of sp³-hybridized carbons (Fsp3) is 0.188. The van der Waals surface area contributed by atoms with Crippen molar-refractivity contribution in [3.8, 4) is 5.69 Å². The SMILES string of the molecule is O=c1c(C2C(O)C(C=C3N(Cc4ccccc4)c4ccc5ccccc5c4C3(Cc3ccccc3)Cc3ccccc3)C2O)c(C(F)(F)F)[nH]n1-c1ccccc1. The van der Waals surface area contributed by atoms with E-state index in [9.17, 15) is 28.2 Å². The third-order valence-electron chi connectivity index (χ3n) is 11.8. The molecule has 6 nitrogen and oxygen atoms in total. The van der Waals surface area contributed by atoms with E-state index in [0.717, 1.165) is 49.1 Å². The second-order valence-electron chi connectivity index (χ2n) is 15.2. The van der Waals surface area contributed by atoms with Crippen molar-refractivity contribution < 1.29 is 23.4 Å². The fourth-order valence-electron chi connectivity index (χ4n) is 9.19. The highest BCUT2D eigenvalue weighted by Gasteiger charge is 2.56. The molecular weight excluding hydrogens is 724 g/mol. The van der Waals surface area contributed by atoms with Gasteiger partial charge in [-0.3, -0.25) is 9.89 Å². The first kappa shape index (κ1) is 36.5. The molecule has 1 aliphatic carbocycles. The van der Waals surface area contributed by atoms with Crippen molar-refractivity contribution in [1.82, 2.24) is 9.78 Å². The number of halogens is 3. The Labute approximate surface area is 327 Å². The van der Waals surface area contributed by atoms with E-state index in [1.807, 2.05) is 72.8 Å². The van der Waals surface area contributed by atoms with Gasteiger partial charge < -0.3 is 15.1 Å². The molecule has 1 aromatic heterocycles. The Balaban J connectivity index is 1.25. The average Bonchev–Trinajstić information content (AvgIpc) is 3.69. The van der Waals surface area contributed by atoms with Gasteiger partial charge in [0.2, 0.25) is 0 Å². The van der Waals surface area contributed by atoms with Gasteiger partial charge in [0.05, 0.1) is 23.5 Å². The number of nitrogens with zero attached hydrogens (tertiary/aromatic N) is 2. The van der Waals surface area contributed by atoms with E-state index < -0.39 is 52.5 Å². The highest BCUT2D eigenvalue weighted by atomic mass is 19.4. The van der Waals surface area contributed by atoms with Crippen LogP contribution >= 0.6 is 0 Å². The molecule has 1 fully saturated rings. The zero-order chi connectivity index (χ0) is 39.3. The summed E-state index contributed by atoms with van der Waals surface area (Å²) in [7, 11) is 0. The quantitative estimate of drug-likeness (QED) is 0.137. The topological polar surface area (TPSA) is 81.5 Å². The maximum Gasteiger partial charge on any atom is 0.433 e. The summed E-state index contributed by atoms with van der Waals surface area (Å²) in [6, 6.07) is 50.9. The van der Waals surface area contributed by atoms with Crippen LogP contribution in [-0.2, 0) is 31.0 Å². The van der Waals surface area contributed by atoms with Crippen molar-refractivity contribution in [3.63, 3.8) is 0 Å². The molecule has 7 aromatic rings. The van der Waals surface area contributed by atoms with Gasteiger partial charge in [-0.05, 0) is 64.1 Å². The second-order valence-corrected chi connectivity index (χ2v) is 15.2. The highest BCUT2D eigenvalue weighted by molar-refractivity contribution is 5.95. The summed E-state index contributed by atoms with van der Waals surface area (Å²) in [4.78, 5) is 16.1. The number of hydrogen-bond acceptors (Lipinski definition) is 4. The molecule has 3 N–H and O–H groups in total. The van der Waals surface area contributed by atoms with Crippen LogP contribution in [0.5, 0.6) is 0 Å². The van der Waals surface area contributed by atoms with Crippen LogP contribution in [0.4, 0.5) is 18.9 Å². The monoisotopic (exact) mass is 763 g/mol. The molecular formula is C48H40F3N3O3. The molecule has 286 valence electrons. The Hall–Kier alpha value is -6.16. The van der Waals surface area contributed by atoms with Gasteiger partial charge in [-0.2, -0.15) is 13.2 Å². The Bertz CT molecular complexity index is 2570. The molecule has 0 spiro atoms. The molecule has 9 rings (SSSR count). The molecule has 2 atom stereocenters. The van der Waals surface area contributed by atoms with Crippen LogP contribution in [0.25, 0.3) is 16.5 Å². The fourth-order valence-corrected chi connectivity index (χ4v) is 9.19. The van der Waals surface area contributed by atoms with Crippen molar-refractivity contribution in [3.05, 3.63) is 213 Å². The number of H-pyrrole nitrogens is 1. The minimum atomic E-state index is -4.95. The van der Waals surface area contributed by atoms with E-state index in [1.54, 1.807) is 18.2 Å². The van der Waals surface area contributed by atoms with E-state index in [-0.39, 0.29) is 5.69 Å². The van der Waals surface area contributed by atoms with Crippen LogP contribution < -0.4 is 10.5 Å². The maximum atomic E-state index is 14.6. The van der Waals surface area contributed by atoms with Crippen LogP contribution in [0.1, 0.15) is 39.4 Å². The zero-order valence-corrected chi connectivity index (χ0v) is 30.9. The summed E-state index contributed by atoms with van der Waals surface area (Å²) in [5.41, 5.74) is 2.64. The molecule has 2 unspecified atom stereocenters. The van der Waals surface area contributed by atoms with Crippen molar-refractivity contribution in [2.45, 2.75) is 49.1 Å². The Kier molecular flexibility index (Phi) is 9.22. The molecule has 1 saturated carbocycles. The lowest BCUT2D eigenvalue weighted by Crippen LogP contribution is -2.55. The van der Waals surface area contributed by atoms with Crippen LogP contribution in [0.2, 0.25) is 0 Å². The molecule has 1 aliphatic heterocycles. The number of rotatable bonds is 9. The van der Waals surface area contributed by atoms with Gasteiger partial charge in [-0.1, -0.05) is 146 Å². The summed E-state index contributed by atoms with van der Waals surface area (Å²) in [5, 5.41) is 28.4. The average molecular weight is 764 g/mol. The normalized spacial score (nSPS) is 20.8. The molecule has 0 amide bonds. The van der Waals surface area contributed by atoms with E-state index in [2.05, 4.69) is 70.7 Å². The van der Waals surface area contributed by atoms with E-state index in [4.69, 9.17) is 0 Å². The number of anilines is 1. The summed E-state index contributed by atoms with van der Waals surface area (Å²) in [6.45, 7) is 0.462. The first-order valence-corrected chi connectivity index (χ1v) is 19.1. The number of benzene rings is 6. The van der Waals surface area contributed by atoms with Gasteiger partial charge >= 0.3 is 6.18 Å². The van der Waals surface area contributed by atoms with Crippen molar-refractivity contribution >= 4 is 16.5 Å². The van der Waals surface area contributed by atoms with Crippen LogP contribution in [0.3, 0.4) is 0 Å². The summed E-state index contributed by atoms with van der Waals surface area (Å²) < 4.78 is 44.8. The Morgan fingerprint density at radius 1 is 0.667 bits per heavy atom. The van der Waals surface area contributed by atoms with Crippen LogP contribution in [0.15, 0.2) is 174 Å². The lowest BCUT2D eigenvalue weighted by atomic mass is 9.63. The molecule has 2 heterocycles. The smallest absolute Gasteiger partial charge is 0.392 e. The molecule has 0 saturated heterocycles. The van der Waals surface area contributed by atoms with Crippen LogP contribution in [0, 0.1) is 5.92 Å². The number of aliphatic hydroxyl groups is 2. The molecule has 0 bridgehead atoms. The van der Waals surface area contributed by atoms with E-state index in [1.165, 1.54) is 12.1 Å². The van der Waals surface area contributed by atoms with Gasteiger partial charge in [0.1, 0.15) is 5.69 Å². The lowest BCUT2D eigenvalue weighted by Gasteiger charge is -2.46. The lowest BCUT2D eigenvalue weighted by molar-refractivity contribution is -0.145. The van der Waals surface area contributed by atoms with Crippen molar-refractivity contribution in [2.24, 2.45) is 5.92 Å². The number of aromatic nitrogens is 2. The molecule has 9 heteroatoms. The summed E-state index contributed by atoms with van der Waals surface area (Å²) >= 11 is 0. The van der Waals surface area contributed by atoms with Gasteiger partial charge in [0.15, 0.2) is 0 Å². The van der Waals surface area contributed by atoms with Gasteiger partial charge in [0, 0.05) is 35.2 Å². The molecule has 6 aromatic carbocycles. The number of para-hydroxylation sites is 1. The van der Waals surface area contributed by atoms with Crippen LogP contribution in [-0.4, -0.2) is 32.2 Å². The Morgan fingerprint density at radius 2 is 1.19 bits per heavy atom. The van der Waals surface area contributed by atoms with E-state index >= 15 is 0 Å². The summed E-state index contributed by atoms with van der Waals surface area (Å²) in [6.07, 6.45) is -4.94. The van der Waals surface area contributed by atoms with Crippen molar-refractivity contribution in [2.75, 3.05) is 4.90 Å². The van der Waals surface area contributed by atoms with Gasteiger partial charge in [0.25, 0.3) is 5.56 Å². The molecule has 0 radical (unpaired) electrons. The third kappa shape index (κ3) is 6.37. The first-order chi connectivity index (χ1) is 27.6. The largest absolute Gasteiger partial charge is 0.433 e. The predicted molar refractivity (Wildman–Crippen MR) is 216 cm³/mol. The standard InChI is InChI=1S/C48H40F3N3O3/c49-48(50,51)45-41(46(57)54(52-45)35-22-11-4-12-23-35)40-43(55)37(44(40)56)27-39-47(28-31-15-5-1-6-16-31,29-32-17-7-2-8-18-32)42-36-24-14-13-21-34(36)25-26-38(42)53(39)30-33-19-9-3-10-20-33/h1-27,37,40,43-44,52,55-56H,28-30H2. The number of fused-ring (bicyclic) bond motifs is 3. The number of aliphatic hydroxyl groups excluding tert-OH is 2. The number of nitrogens with one attached hydrogen (secondary N) is 1. The molecule has 2 aliphatic rings. The number of alkyl halides is 3. The first-order valence-electron chi connectivity index (χ1n) is 19.1. The Morgan fingerprint density at radius 3 is 1.77 bits per heavy atom. The highest BCUT2D eigenvalue weighted by Crippen LogP contribution is 2.57. The minimum absolute atomic E-state index is 0.209. The van der Waals surface area contributed by atoms with Crippen molar-refractivity contribution in [1.29, 1.82) is 0 Å². The zero-order valence-electron chi connectivity index (χ0n) is 30.9. The predicted octanol–water partition coefficient (Wildman–Crippen LogP) is 9.10. The minimum Gasteiger partial charge on any atom is -0.392 e.